The monoisotopic (exact) mass is 407 g/mol. The van der Waals surface area contributed by atoms with Gasteiger partial charge in [-0.25, -0.2) is 4.68 Å². The Morgan fingerprint density at radius 1 is 0.968 bits per heavy atom. The first-order valence-corrected chi connectivity index (χ1v) is 10.4. The molecule has 0 unspecified atom stereocenters. The molecule has 1 aliphatic heterocycles. The molecule has 0 bridgehead atoms. The van der Waals surface area contributed by atoms with Crippen LogP contribution < -0.4 is 5.32 Å². The minimum Gasteiger partial charge on any atom is -0.312 e. The lowest BCUT2D eigenvalue weighted by atomic mass is 10.0. The Kier molecular flexibility index (Phi) is 4.14. The summed E-state index contributed by atoms with van der Waals surface area (Å²) >= 11 is 0. The fourth-order valence-corrected chi connectivity index (χ4v) is 4.21. The van der Waals surface area contributed by atoms with Gasteiger partial charge < -0.3 is 5.32 Å². The Balaban J connectivity index is 1.39. The molecule has 7 heteroatoms. The van der Waals surface area contributed by atoms with Gasteiger partial charge in [0.25, 0.3) is 0 Å². The van der Waals surface area contributed by atoms with E-state index in [4.69, 9.17) is 0 Å². The lowest BCUT2D eigenvalue weighted by Gasteiger charge is -2.17. The number of aromatic amines is 1. The molecular weight excluding hydrogens is 386 g/mol. The second-order valence-electron chi connectivity index (χ2n) is 8.01. The first kappa shape index (κ1) is 18.0. The molecule has 0 saturated carbocycles. The molecule has 3 aromatic heterocycles. The van der Waals surface area contributed by atoms with E-state index in [0.29, 0.717) is 0 Å². The van der Waals surface area contributed by atoms with Crippen molar-refractivity contribution < 1.29 is 0 Å². The van der Waals surface area contributed by atoms with Crippen molar-refractivity contribution in [3.05, 3.63) is 77.7 Å². The summed E-state index contributed by atoms with van der Waals surface area (Å²) in [7, 11) is 0. The van der Waals surface area contributed by atoms with Crippen molar-refractivity contribution >= 4 is 10.9 Å². The maximum atomic E-state index is 4.53. The molecule has 0 radical (unpaired) electrons. The summed E-state index contributed by atoms with van der Waals surface area (Å²) in [5.41, 5.74) is 9.54. The maximum absolute atomic E-state index is 4.53. The van der Waals surface area contributed by atoms with Gasteiger partial charge in [-0.2, -0.15) is 5.10 Å². The second-order valence-corrected chi connectivity index (χ2v) is 8.01. The number of nitrogens with one attached hydrogen (secondary N) is 2. The van der Waals surface area contributed by atoms with E-state index in [1.54, 1.807) is 0 Å². The number of H-pyrrole nitrogens is 1. The van der Waals surface area contributed by atoms with Crippen molar-refractivity contribution in [2.24, 2.45) is 0 Å². The predicted octanol–water partition coefficient (Wildman–Crippen LogP) is 3.83. The van der Waals surface area contributed by atoms with E-state index < -0.39 is 0 Å². The highest BCUT2D eigenvalue weighted by molar-refractivity contribution is 5.94. The number of aryl methyl sites for hydroxylation is 1. The lowest BCUT2D eigenvalue weighted by molar-refractivity contribution is 0.642. The summed E-state index contributed by atoms with van der Waals surface area (Å²) in [6.07, 6.45) is 6.75. The molecule has 0 atom stereocenters. The van der Waals surface area contributed by atoms with Crippen molar-refractivity contribution in [2.45, 2.75) is 19.9 Å². The average molecular weight is 407 g/mol. The first-order chi connectivity index (χ1) is 15.2. The highest BCUT2D eigenvalue weighted by Gasteiger charge is 2.15. The van der Waals surface area contributed by atoms with Crippen LogP contribution in [0.5, 0.6) is 0 Å². The zero-order valence-electron chi connectivity index (χ0n) is 17.1. The molecule has 31 heavy (non-hydrogen) atoms. The third kappa shape index (κ3) is 3.19. The van der Waals surface area contributed by atoms with Crippen molar-refractivity contribution in [3.63, 3.8) is 0 Å². The van der Waals surface area contributed by atoms with Gasteiger partial charge in [0, 0.05) is 29.9 Å². The van der Waals surface area contributed by atoms with Crippen LogP contribution in [0.15, 0.2) is 61.1 Å². The second kappa shape index (κ2) is 7.14. The van der Waals surface area contributed by atoms with Gasteiger partial charge in [0.2, 0.25) is 0 Å². The Bertz CT molecular complexity index is 1410. The minimum absolute atomic E-state index is 0.738. The number of fused-ring (bicyclic) bond motifs is 2. The van der Waals surface area contributed by atoms with Crippen LogP contribution in [-0.2, 0) is 13.0 Å². The van der Waals surface area contributed by atoms with E-state index in [1.807, 2.05) is 36.3 Å². The lowest BCUT2D eigenvalue weighted by Crippen LogP contribution is -2.23. The van der Waals surface area contributed by atoms with Crippen LogP contribution in [-0.4, -0.2) is 36.7 Å². The summed E-state index contributed by atoms with van der Waals surface area (Å²) in [4.78, 5) is 4.32. The van der Waals surface area contributed by atoms with Gasteiger partial charge in [-0.15, -0.1) is 5.10 Å². The standard InChI is InChI=1S/C24H21N7/c1-15-8-18(13-26-11-15)17-3-5-22-21(10-17)24(29-27-22)23-14-31(30-28-23)20-4-2-16-6-7-25-12-19(16)9-20/h2-5,8-11,13-14,25H,6-7,12H2,1H3,(H,27,29). The van der Waals surface area contributed by atoms with Crippen molar-refractivity contribution in [1.29, 1.82) is 0 Å². The summed E-state index contributed by atoms with van der Waals surface area (Å²) in [6, 6.07) is 14.9. The van der Waals surface area contributed by atoms with Crippen LogP contribution >= 0.6 is 0 Å². The molecule has 6 rings (SSSR count). The molecule has 2 aromatic carbocycles. The SMILES string of the molecule is Cc1cncc(-c2ccc3[nH]nc(-c4cn(-c5ccc6c(c5)CNCC6)nn4)c3c2)c1. The number of nitrogens with zero attached hydrogens (tertiary/aromatic N) is 5. The van der Waals surface area contributed by atoms with Gasteiger partial charge in [-0.3, -0.25) is 10.1 Å². The van der Waals surface area contributed by atoms with Crippen molar-refractivity contribution in [3.8, 4) is 28.2 Å². The van der Waals surface area contributed by atoms with E-state index in [0.717, 1.165) is 64.2 Å². The van der Waals surface area contributed by atoms with E-state index >= 15 is 0 Å². The van der Waals surface area contributed by atoms with Gasteiger partial charge in [0.1, 0.15) is 11.4 Å². The molecule has 2 N–H and O–H groups in total. The number of rotatable bonds is 3. The quantitative estimate of drug-likeness (QED) is 0.475. The highest BCUT2D eigenvalue weighted by Crippen LogP contribution is 2.30. The van der Waals surface area contributed by atoms with Crippen LogP contribution in [0.25, 0.3) is 39.1 Å². The number of benzene rings is 2. The fraction of sp³-hybridized carbons (Fsp3) is 0.167. The fourth-order valence-electron chi connectivity index (χ4n) is 4.21. The molecule has 0 fully saturated rings. The molecular formula is C24H21N7. The first-order valence-electron chi connectivity index (χ1n) is 10.4. The van der Waals surface area contributed by atoms with Gasteiger partial charge in [0.05, 0.1) is 17.4 Å². The number of aromatic nitrogens is 6. The zero-order chi connectivity index (χ0) is 20.8. The molecule has 5 aromatic rings. The average Bonchev–Trinajstić information content (AvgIpc) is 3.45. The molecule has 152 valence electrons. The van der Waals surface area contributed by atoms with Gasteiger partial charge in [-0.05, 0) is 72.5 Å². The summed E-state index contributed by atoms with van der Waals surface area (Å²) in [6.45, 7) is 3.98. The molecule has 1 aliphatic rings. The smallest absolute Gasteiger partial charge is 0.134 e. The van der Waals surface area contributed by atoms with Crippen molar-refractivity contribution in [1.82, 2.24) is 35.5 Å². The summed E-state index contributed by atoms with van der Waals surface area (Å²) in [5.74, 6) is 0. The van der Waals surface area contributed by atoms with Gasteiger partial charge in [-0.1, -0.05) is 17.3 Å². The molecule has 0 amide bonds. The molecule has 0 saturated heterocycles. The van der Waals surface area contributed by atoms with E-state index in [9.17, 15) is 0 Å². The third-order valence-electron chi connectivity index (χ3n) is 5.85. The number of hydrogen-bond donors (Lipinski definition) is 2. The Morgan fingerprint density at radius 2 is 1.94 bits per heavy atom. The van der Waals surface area contributed by atoms with Crippen LogP contribution in [0.1, 0.15) is 16.7 Å². The minimum atomic E-state index is 0.738. The zero-order valence-corrected chi connectivity index (χ0v) is 17.1. The summed E-state index contributed by atoms with van der Waals surface area (Å²) in [5, 5.41) is 20.9. The maximum Gasteiger partial charge on any atom is 0.134 e. The summed E-state index contributed by atoms with van der Waals surface area (Å²) < 4.78 is 1.82. The third-order valence-corrected chi connectivity index (χ3v) is 5.85. The van der Waals surface area contributed by atoms with E-state index in [1.165, 1.54) is 11.1 Å². The van der Waals surface area contributed by atoms with Crippen LogP contribution in [0.2, 0.25) is 0 Å². The largest absolute Gasteiger partial charge is 0.312 e. The molecule has 0 aliphatic carbocycles. The topological polar surface area (TPSA) is 84.3 Å². The number of pyridine rings is 1. The Labute approximate surface area is 179 Å². The van der Waals surface area contributed by atoms with E-state index in [-0.39, 0.29) is 0 Å². The van der Waals surface area contributed by atoms with Gasteiger partial charge in [0.15, 0.2) is 0 Å². The van der Waals surface area contributed by atoms with Crippen LogP contribution in [0.4, 0.5) is 0 Å². The highest BCUT2D eigenvalue weighted by atomic mass is 15.4. The predicted molar refractivity (Wildman–Crippen MR) is 120 cm³/mol. The molecule has 7 nitrogen and oxygen atoms in total. The molecule has 4 heterocycles. The Hall–Kier alpha value is -3.84. The van der Waals surface area contributed by atoms with Gasteiger partial charge >= 0.3 is 0 Å². The van der Waals surface area contributed by atoms with Crippen LogP contribution in [0.3, 0.4) is 0 Å². The Morgan fingerprint density at radius 3 is 2.87 bits per heavy atom. The number of hydrogen-bond acceptors (Lipinski definition) is 5. The van der Waals surface area contributed by atoms with Crippen molar-refractivity contribution in [2.75, 3.05) is 6.54 Å². The van der Waals surface area contributed by atoms with Crippen LogP contribution in [0, 0.1) is 6.92 Å². The molecule has 0 spiro atoms. The van der Waals surface area contributed by atoms with E-state index in [2.05, 4.69) is 67.2 Å². The normalized spacial score (nSPS) is 13.5.